The maximum atomic E-state index is 10.5. The van der Waals surface area contributed by atoms with Crippen molar-refractivity contribution >= 4 is 0 Å². The monoisotopic (exact) mass is 264 g/mol. The van der Waals surface area contributed by atoms with Gasteiger partial charge in [-0.1, -0.05) is 19.3 Å². The maximum Gasteiger partial charge on any atom is 0.132 e. The lowest BCUT2D eigenvalue weighted by Gasteiger charge is -2.44. The van der Waals surface area contributed by atoms with E-state index in [2.05, 4.69) is 0 Å². The average molecular weight is 264 g/mol. The molecule has 0 bridgehead atoms. The molecule has 2 heterocycles. The van der Waals surface area contributed by atoms with Gasteiger partial charge in [0.1, 0.15) is 17.6 Å². The van der Waals surface area contributed by atoms with Crippen LogP contribution in [-0.2, 0) is 4.74 Å². The molecule has 2 fully saturated rings. The Labute approximate surface area is 115 Å². The molecule has 19 heavy (non-hydrogen) atoms. The fourth-order valence-electron chi connectivity index (χ4n) is 3.72. The first kappa shape index (κ1) is 13.2. The van der Waals surface area contributed by atoms with Crippen molar-refractivity contribution in [2.24, 2.45) is 5.92 Å². The fraction of sp³-hybridized carbons (Fsp3) is 0.750. The van der Waals surface area contributed by atoms with Gasteiger partial charge in [-0.15, -0.1) is 0 Å². The lowest BCUT2D eigenvalue weighted by molar-refractivity contribution is -0.135. The van der Waals surface area contributed by atoms with Crippen molar-refractivity contribution in [2.45, 2.75) is 63.6 Å². The molecule has 2 atom stereocenters. The van der Waals surface area contributed by atoms with Crippen LogP contribution in [0, 0.1) is 12.8 Å². The summed E-state index contributed by atoms with van der Waals surface area (Å²) in [5.74, 6) is 1.86. The molecule has 1 aromatic heterocycles. The minimum absolute atomic E-state index is 0.0454. The second-order valence-electron chi connectivity index (χ2n) is 6.24. The summed E-state index contributed by atoms with van der Waals surface area (Å²) in [5.41, 5.74) is 0.0454. The quantitative estimate of drug-likeness (QED) is 0.884. The minimum atomic E-state index is -0.476. The standard InChI is InChI=1S/C16H24O3/c1-12-5-6-14(19-12)15(17)13-7-10-18-16(11-13)8-3-2-4-9-16/h5-6,13,15,17H,2-4,7-11H2,1H3. The normalized spacial score (nSPS) is 28.4. The molecule has 1 spiro atoms. The highest BCUT2D eigenvalue weighted by Gasteiger charge is 2.41. The van der Waals surface area contributed by atoms with Gasteiger partial charge in [-0.2, -0.15) is 0 Å². The van der Waals surface area contributed by atoms with Crippen LogP contribution in [0.2, 0.25) is 0 Å². The maximum absolute atomic E-state index is 10.5. The van der Waals surface area contributed by atoms with Gasteiger partial charge in [0.05, 0.1) is 5.60 Å². The number of rotatable bonds is 2. The zero-order valence-corrected chi connectivity index (χ0v) is 11.7. The van der Waals surface area contributed by atoms with Gasteiger partial charge in [-0.25, -0.2) is 0 Å². The first-order chi connectivity index (χ1) is 9.19. The Bertz CT molecular complexity index is 412. The van der Waals surface area contributed by atoms with Gasteiger partial charge < -0.3 is 14.3 Å². The third-order valence-electron chi connectivity index (χ3n) is 4.80. The van der Waals surface area contributed by atoms with Crippen LogP contribution in [0.15, 0.2) is 16.5 Å². The number of aryl methyl sites for hydroxylation is 1. The summed E-state index contributed by atoms with van der Waals surface area (Å²) in [4.78, 5) is 0. The number of hydrogen-bond acceptors (Lipinski definition) is 3. The van der Waals surface area contributed by atoms with Crippen molar-refractivity contribution in [3.8, 4) is 0 Å². The van der Waals surface area contributed by atoms with Crippen LogP contribution in [0.5, 0.6) is 0 Å². The fourth-order valence-corrected chi connectivity index (χ4v) is 3.72. The lowest BCUT2D eigenvalue weighted by atomic mass is 9.74. The topological polar surface area (TPSA) is 42.6 Å². The third kappa shape index (κ3) is 2.72. The predicted octanol–water partition coefficient (Wildman–Crippen LogP) is 3.75. The molecule has 1 aromatic rings. The van der Waals surface area contributed by atoms with Crippen LogP contribution in [0.25, 0.3) is 0 Å². The van der Waals surface area contributed by atoms with E-state index >= 15 is 0 Å². The van der Waals surface area contributed by atoms with Crippen LogP contribution < -0.4 is 0 Å². The van der Waals surface area contributed by atoms with Crippen LogP contribution in [-0.4, -0.2) is 17.3 Å². The van der Waals surface area contributed by atoms with E-state index in [4.69, 9.17) is 9.15 Å². The molecule has 1 saturated heterocycles. The van der Waals surface area contributed by atoms with E-state index in [9.17, 15) is 5.11 Å². The molecular formula is C16H24O3. The Hall–Kier alpha value is -0.800. The largest absolute Gasteiger partial charge is 0.464 e. The molecule has 1 aliphatic carbocycles. The summed E-state index contributed by atoms with van der Waals surface area (Å²) in [6, 6.07) is 3.83. The Balaban J connectivity index is 1.70. The summed E-state index contributed by atoms with van der Waals surface area (Å²) in [6.45, 7) is 2.70. The van der Waals surface area contributed by atoms with E-state index in [1.54, 1.807) is 0 Å². The number of aliphatic hydroxyl groups is 1. The Kier molecular flexibility index (Phi) is 3.68. The van der Waals surface area contributed by atoms with E-state index in [0.717, 1.165) is 43.8 Å². The van der Waals surface area contributed by atoms with Crippen molar-refractivity contribution in [1.82, 2.24) is 0 Å². The van der Waals surface area contributed by atoms with Crippen molar-refractivity contribution < 1.29 is 14.3 Å². The van der Waals surface area contributed by atoms with E-state index in [1.165, 1.54) is 19.3 Å². The molecule has 2 aliphatic rings. The first-order valence-electron chi connectivity index (χ1n) is 7.57. The minimum Gasteiger partial charge on any atom is -0.464 e. The number of furan rings is 1. The smallest absolute Gasteiger partial charge is 0.132 e. The van der Waals surface area contributed by atoms with Crippen molar-refractivity contribution in [3.63, 3.8) is 0 Å². The second-order valence-corrected chi connectivity index (χ2v) is 6.24. The highest BCUT2D eigenvalue weighted by Crippen LogP contribution is 2.44. The van der Waals surface area contributed by atoms with Gasteiger partial charge in [0.2, 0.25) is 0 Å². The molecule has 1 saturated carbocycles. The summed E-state index contributed by atoms with van der Waals surface area (Å²) in [5, 5.41) is 10.5. The lowest BCUT2D eigenvalue weighted by Crippen LogP contribution is -2.42. The Morgan fingerprint density at radius 2 is 2.05 bits per heavy atom. The Morgan fingerprint density at radius 1 is 1.26 bits per heavy atom. The average Bonchev–Trinajstić information content (AvgIpc) is 2.85. The molecule has 0 amide bonds. The predicted molar refractivity (Wildman–Crippen MR) is 72.9 cm³/mol. The van der Waals surface area contributed by atoms with Gasteiger partial charge in [0, 0.05) is 6.61 Å². The third-order valence-corrected chi connectivity index (χ3v) is 4.80. The van der Waals surface area contributed by atoms with E-state index in [1.807, 2.05) is 19.1 Å². The summed E-state index contributed by atoms with van der Waals surface area (Å²) >= 11 is 0. The van der Waals surface area contributed by atoms with Gasteiger partial charge in [-0.3, -0.25) is 0 Å². The second kappa shape index (κ2) is 5.29. The van der Waals surface area contributed by atoms with Gasteiger partial charge in [0.15, 0.2) is 0 Å². The van der Waals surface area contributed by atoms with Crippen molar-refractivity contribution in [2.75, 3.05) is 6.61 Å². The summed E-state index contributed by atoms with van der Waals surface area (Å²) in [6.07, 6.45) is 7.62. The van der Waals surface area contributed by atoms with Crippen LogP contribution in [0.4, 0.5) is 0 Å². The molecule has 0 radical (unpaired) electrons. The van der Waals surface area contributed by atoms with Crippen LogP contribution >= 0.6 is 0 Å². The highest BCUT2D eigenvalue weighted by molar-refractivity contribution is 5.09. The molecular weight excluding hydrogens is 240 g/mol. The molecule has 3 heteroatoms. The van der Waals surface area contributed by atoms with Crippen LogP contribution in [0.3, 0.4) is 0 Å². The molecule has 1 N–H and O–H groups in total. The van der Waals surface area contributed by atoms with Gasteiger partial charge in [0.25, 0.3) is 0 Å². The molecule has 3 nitrogen and oxygen atoms in total. The van der Waals surface area contributed by atoms with Crippen LogP contribution in [0.1, 0.15) is 62.6 Å². The molecule has 1 aliphatic heterocycles. The van der Waals surface area contributed by atoms with Gasteiger partial charge >= 0.3 is 0 Å². The molecule has 3 rings (SSSR count). The zero-order valence-electron chi connectivity index (χ0n) is 11.7. The van der Waals surface area contributed by atoms with E-state index < -0.39 is 6.10 Å². The van der Waals surface area contributed by atoms with E-state index in [0.29, 0.717) is 0 Å². The number of ether oxygens (including phenoxy) is 1. The number of hydrogen-bond donors (Lipinski definition) is 1. The molecule has 0 aromatic carbocycles. The zero-order chi connectivity index (χ0) is 13.3. The van der Waals surface area contributed by atoms with Crippen molar-refractivity contribution in [3.05, 3.63) is 23.7 Å². The van der Waals surface area contributed by atoms with Gasteiger partial charge in [-0.05, 0) is 50.7 Å². The molecule has 106 valence electrons. The Morgan fingerprint density at radius 3 is 2.74 bits per heavy atom. The SMILES string of the molecule is Cc1ccc(C(O)C2CCOC3(CCCCC3)C2)o1. The van der Waals surface area contributed by atoms with Crippen molar-refractivity contribution in [1.29, 1.82) is 0 Å². The summed E-state index contributed by atoms with van der Waals surface area (Å²) in [7, 11) is 0. The first-order valence-corrected chi connectivity index (χ1v) is 7.57. The number of aliphatic hydroxyl groups excluding tert-OH is 1. The molecule has 2 unspecified atom stereocenters. The summed E-state index contributed by atoms with van der Waals surface area (Å²) < 4.78 is 11.7. The highest BCUT2D eigenvalue weighted by atomic mass is 16.5. The van der Waals surface area contributed by atoms with E-state index in [-0.39, 0.29) is 11.5 Å².